The van der Waals surface area contributed by atoms with Gasteiger partial charge in [0, 0.05) is 29.5 Å². The molecule has 0 aliphatic heterocycles. The second kappa shape index (κ2) is 16.5. The van der Waals surface area contributed by atoms with Gasteiger partial charge < -0.3 is 25.2 Å². The maximum atomic E-state index is 13.4. The Morgan fingerprint density at radius 2 is 1.48 bits per heavy atom. The zero-order chi connectivity index (χ0) is 30.5. The van der Waals surface area contributed by atoms with Gasteiger partial charge in [0.25, 0.3) is 0 Å². The highest BCUT2D eigenvalue weighted by Gasteiger charge is 2.27. The summed E-state index contributed by atoms with van der Waals surface area (Å²) in [4.78, 5) is 38.1. The molecule has 0 heterocycles. The molecule has 3 aromatic rings. The number of carboxylic acid groups (broad SMARTS) is 1. The minimum atomic E-state index is -1.06. The van der Waals surface area contributed by atoms with Gasteiger partial charge in [-0.3, -0.25) is 14.4 Å². The topological polar surface area (TPSA) is 114 Å². The van der Waals surface area contributed by atoms with Gasteiger partial charge in [-0.1, -0.05) is 62.4 Å². The van der Waals surface area contributed by atoms with Crippen molar-refractivity contribution in [3.63, 3.8) is 0 Å². The Morgan fingerprint density at radius 1 is 0.833 bits per heavy atom. The Kier molecular flexibility index (Phi) is 12.7. The molecule has 0 aromatic heterocycles. The van der Waals surface area contributed by atoms with Crippen LogP contribution in [0.5, 0.6) is 11.5 Å². The predicted octanol–water partition coefficient (Wildman–Crippen LogP) is 6.46. The summed E-state index contributed by atoms with van der Waals surface area (Å²) in [7, 11) is 3.00. The maximum absolute atomic E-state index is 13.4. The van der Waals surface area contributed by atoms with Crippen LogP contribution in [0.2, 0.25) is 0 Å². The summed E-state index contributed by atoms with van der Waals surface area (Å²) in [5.74, 6) is 0.530. The van der Waals surface area contributed by atoms with Gasteiger partial charge in [0.1, 0.15) is 0 Å². The number of anilines is 1. The molecular formula is C33H40N2O6S. The van der Waals surface area contributed by atoms with Crippen LogP contribution in [0.15, 0.2) is 72.8 Å². The molecule has 0 saturated heterocycles. The van der Waals surface area contributed by atoms with Crippen molar-refractivity contribution in [3.8, 4) is 11.5 Å². The number of benzene rings is 3. The first-order valence-electron chi connectivity index (χ1n) is 13.9. The van der Waals surface area contributed by atoms with Crippen molar-refractivity contribution < 1.29 is 29.0 Å². The van der Waals surface area contributed by atoms with Crippen molar-refractivity contribution in [2.45, 2.75) is 50.7 Å². The molecule has 0 aliphatic rings. The summed E-state index contributed by atoms with van der Waals surface area (Å²) in [5, 5.41) is 15.3. The average Bonchev–Trinajstić information content (AvgIpc) is 2.97. The molecule has 0 saturated carbocycles. The van der Waals surface area contributed by atoms with E-state index in [1.807, 2.05) is 68.1 Å². The third-order valence-electron chi connectivity index (χ3n) is 6.68. The number of hydrogen-bond donors (Lipinski definition) is 3. The van der Waals surface area contributed by atoms with Crippen molar-refractivity contribution in [1.82, 2.24) is 5.32 Å². The van der Waals surface area contributed by atoms with Crippen LogP contribution in [0.3, 0.4) is 0 Å². The fourth-order valence-electron chi connectivity index (χ4n) is 4.62. The first kappa shape index (κ1) is 32.5. The van der Waals surface area contributed by atoms with E-state index in [9.17, 15) is 19.5 Å². The maximum Gasteiger partial charge on any atom is 0.305 e. The molecule has 0 radical (unpaired) electrons. The summed E-state index contributed by atoms with van der Waals surface area (Å²) < 4.78 is 10.6. The predicted molar refractivity (Wildman–Crippen MR) is 167 cm³/mol. The van der Waals surface area contributed by atoms with Gasteiger partial charge in [-0.2, -0.15) is 11.8 Å². The Bertz CT molecular complexity index is 1310. The molecule has 0 fully saturated rings. The summed E-state index contributed by atoms with van der Waals surface area (Å²) in [6, 6.07) is 22.2. The first-order chi connectivity index (χ1) is 20.2. The molecule has 0 spiro atoms. The number of carboxylic acids is 1. The lowest BCUT2D eigenvalue weighted by atomic mass is 9.92. The van der Waals surface area contributed by atoms with Crippen molar-refractivity contribution in [2.75, 3.05) is 19.5 Å². The van der Waals surface area contributed by atoms with Gasteiger partial charge in [-0.25, -0.2) is 0 Å². The molecular weight excluding hydrogens is 552 g/mol. The van der Waals surface area contributed by atoms with Gasteiger partial charge in [-0.15, -0.1) is 0 Å². The van der Waals surface area contributed by atoms with E-state index >= 15 is 0 Å². The summed E-state index contributed by atoms with van der Waals surface area (Å²) >= 11 is 1.83. The van der Waals surface area contributed by atoms with Crippen LogP contribution >= 0.6 is 11.8 Å². The highest BCUT2D eigenvalue weighted by Crippen LogP contribution is 2.31. The van der Waals surface area contributed by atoms with Crippen molar-refractivity contribution in [1.29, 1.82) is 0 Å². The fraction of sp³-hybridized carbons (Fsp3) is 0.364. The smallest absolute Gasteiger partial charge is 0.305 e. The molecule has 2 amide bonds. The Hall–Kier alpha value is -3.98. The van der Waals surface area contributed by atoms with E-state index in [0.29, 0.717) is 29.2 Å². The number of rotatable bonds is 16. The number of carbonyl (C=O) groups excluding carboxylic acids is 2. The van der Waals surface area contributed by atoms with Crippen molar-refractivity contribution in [3.05, 3.63) is 89.5 Å². The minimum absolute atomic E-state index is 0.0234. The molecule has 3 rings (SSSR count). The number of carbonyl (C=O) groups is 3. The lowest BCUT2D eigenvalue weighted by Gasteiger charge is -2.24. The van der Waals surface area contributed by atoms with E-state index in [1.165, 1.54) is 19.8 Å². The molecule has 0 aliphatic carbocycles. The van der Waals surface area contributed by atoms with Crippen LogP contribution in [0.4, 0.5) is 5.69 Å². The van der Waals surface area contributed by atoms with Crippen LogP contribution in [0, 0.1) is 11.8 Å². The quantitative estimate of drug-likeness (QED) is 0.175. The van der Waals surface area contributed by atoms with E-state index in [0.717, 1.165) is 17.1 Å². The monoisotopic (exact) mass is 592 g/mol. The van der Waals surface area contributed by atoms with E-state index in [-0.39, 0.29) is 30.6 Å². The van der Waals surface area contributed by atoms with Gasteiger partial charge in [-0.05, 0) is 53.3 Å². The van der Waals surface area contributed by atoms with Crippen molar-refractivity contribution >= 4 is 35.2 Å². The fourth-order valence-corrected chi connectivity index (χ4v) is 5.58. The largest absolute Gasteiger partial charge is 0.493 e. The SMILES string of the molecule is COc1ccc([C@H](CC(=O)O)NC(=O)C(CC(=O)Nc2ccc(CSCc3ccccc3)cc2)CC(C)C)cc1OC. The van der Waals surface area contributed by atoms with Crippen LogP contribution in [0.25, 0.3) is 0 Å². The second-order valence-electron chi connectivity index (χ2n) is 10.5. The second-order valence-corrected chi connectivity index (χ2v) is 11.5. The molecule has 1 unspecified atom stereocenters. The van der Waals surface area contributed by atoms with E-state index < -0.39 is 17.9 Å². The van der Waals surface area contributed by atoms with Gasteiger partial charge in [0.05, 0.1) is 26.7 Å². The Balaban J connectivity index is 1.62. The van der Waals surface area contributed by atoms with E-state index in [1.54, 1.807) is 18.2 Å². The molecule has 3 N–H and O–H groups in total. The zero-order valence-electron chi connectivity index (χ0n) is 24.6. The lowest BCUT2D eigenvalue weighted by molar-refractivity contribution is -0.138. The molecule has 42 heavy (non-hydrogen) atoms. The Labute approximate surface area is 252 Å². The minimum Gasteiger partial charge on any atom is -0.493 e. The number of nitrogens with one attached hydrogen (secondary N) is 2. The number of amides is 2. The molecule has 224 valence electrons. The number of aliphatic carboxylic acids is 1. The average molecular weight is 593 g/mol. The normalized spacial score (nSPS) is 12.3. The number of thioether (sulfide) groups is 1. The third-order valence-corrected chi connectivity index (χ3v) is 7.76. The van der Waals surface area contributed by atoms with Crippen molar-refractivity contribution in [2.24, 2.45) is 11.8 Å². The van der Waals surface area contributed by atoms with Gasteiger partial charge >= 0.3 is 5.97 Å². The lowest BCUT2D eigenvalue weighted by Crippen LogP contribution is -2.37. The van der Waals surface area contributed by atoms with Gasteiger partial charge in [0.15, 0.2) is 11.5 Å². The third kappa shape index (κ3) is 10.4. The van der Waals surface area contributed by atoms with Gasteiger partial charge in [0.2, 0.25) is 11.8 Å². The molecule has 9 heteroatoms. The number of methoxy groups -OCH3 is 2. The molecule has 8 nitrogen and oxygen atoms in total. The van der Waals surface area contributed by atoms with E-state index in [2.05, 4.69) is 22.8 Å². The summed E-state index contributed by atoms with van der Waals surface area (Å²) in [6.07, 6.45) is 0.130. The highest BCUT2D eigenvalue weighted by atomic mass is 32.2. The summed E-state index contributed by atoms with van der Waals surface area (Å²) in [6.45, 7) is 3.96. The molecule has 2 atom stereocenters. The number of hydrogen-bond acceptors (Lipinski definition) is 6. The van der Waals surface area contributed by atoms with Crippen LogP contribution in [-0.2, 0) is 25.9 Å². The summed E-state index contributed by atoms with van der Waals surface area (Å²) in [5.41, 5.74) is 3.67. The first-order valence-corrected chi connectivity index (χ1v) is 15.1. The standard InChI is InChI=1S/C33H40N2O6S/c1-22(2)16-26(33(39)35-28(19-32(37)38)25-12-15-29(40-3)30(17-25)41-4)18-31(36)34-27-13-10-24(11-14-27)21-42-20-23-8-6-5-7-9-23/h5-15,17,22,26,28H,16,18-21H2,1-4H3,(H,34,36)(H,35,39)(H,37,38)/t26?,28-/m0/s1. The molecule has 0 bridgehead atoms. The van der Waals surface area contributed by atoms with E-state index in [4.69, 9.17) is 9.47 Å². The zero-order valence-corrected chi connectivity index (χ0v) is 25.4. The Morgan fingerprint density at radius 3 is 2.07 bits per heavy atom. The highest BCUT2D eigenvalue weighted by molar-refractivity contribution is 7.97. The van der Waals surface area contributed by atoms with Crippen LogP contribution < -0.4 is 20.1 Å². The number of ether oxygens (including phenoxy) is 2. The van der Waals surface area contributed by atoms with Crippen LogP contribution in [-0.4, -0.2) is 37.1 Å². The molecule has 3 aromatic carbocycles. The van der Waals surface area contributed by atoms with Crippen LogP contribution in [0.1, 0.15) is 55.8 Å².